The predicted octanol–water partition coefficient (Wildman–Crippen LogP) is 7.92. The third kappa shape index (κ3) is 6.32. The molecular formula is C32H55N2O2+. The van der Waals surface area contributed by atoms with Crippen molar-refractivity contribution in [3.05, 3.63) is 0 Å². The maximum absolute atomic E-state index is 14.3. The Kier molecular flexibility index (Phi) is 9.69. The van der Waals surface area contributed by atoms with Crippen LogP contribution in [0.25, 0.3) is 0 Å². The number of carbonyl (C=O) groups excluding carboxylic acids is 1. The molecule has 0 spiro atoms. The van der Waals surface area contributed by atoms with E-state index in [4.69, 9.17) is 0 Å². The number of hydrogen-bond acceptors (Lipinski definition) is 1. The van der Waals surface area contributed by atoms with Gasteiger partial charge in [0.15, 0.2) is 12.1 Å². The summed E-state index contributed by atoms with van der Waals surface area (Å²) in [5.41, 5.74) is 0. The lowest BCUT2D eigenvalue weighted by Crippen LogP contribution is -2.52. The number of aliphatic hydroxyl groups is 1. The summed E-state index contributed by atoms with van der Waals surface area (Å²) in [5.74, 6) is 1.46. The van der Waals surface area contributed by atoms with E-state index in [9.17, 15) is 9.90 Å². The summed E-state index contributed by atoms with van der Waals surface area (Å²) in [6, 6.07) is 2.01. The molecule has 0 aliphatic heterocycles. The van der Waals surface area contributed by atoms with Gasteiger partial charge in [0.25, 0.3) is 0 Å². The number of rotatable bonds is 6. The van der Waals surface area contributed by atoms with Crippen molar-refractivity contribution in [1.29, 1.82) is 0 Å². The van der Waals surface area contributed by atoms with E-state index < -0.39 is 0 Å². The maximum atomic E-state index is 14.3. The third-order valence-corrected chi connectivity index (χ3v) is 10.8. The van der Waals surface area contributed by atoms with Crippen LogP contribution in [0.3, 0.4) is 0 Å². The van der Waals surface area contributed by atoms with Gasteiger partial charge in [0.2, 0.25) is 5.91 Å². The van der Waals surface area contributed by atoms with Crippen LogP contribution in [0.2, 0.25) is 0 Å². The summed E-state index contributed by atoms with van der Waals surface area (Å²) < 4.78 is 2.54. The Hall–Kier alpha value is -1.06. The minimum Gasteiger partial charge on any atom is -0.463 e. The minimum absolute atomic E-state index is 0.120. The van der Waals surface area contributed by atoms with Crippen LogP contribution in [0.4, 0.5) is 0 Å². The molecule has 2 atom stereocenters. The monoisotopic (exact) mass is 499 g/mol. The van der Waals surface area contributed by atoms with Gasteiger partial charge in [-0.3, -0.25) is 4.79 Å². The quantitative estimate of drug-likeness (QED) is 0.229. The highest BCUT2D eigenvalue weighted by Crippen LogP contribution is 2.37. The normalized spacial score (nSPS) is 30.1. The zero-order valence-electron chi connectivity index (χ0n) is 23.2. The average molecular weight is 500 g/mol. The number of aliphatic hydroxyl groups excluding tert-OH is 1. The molecule has 5 rings (SSSR count). The van der Waals surface area contributed by atoms with Gasteiger partial charge in [-0.1, -0.05) is 57.8 Å². The summed E-state index contributed by atoms with van der Waals surface area (Å²) >= 11 is 0. The van der Waals surface area contributed by atoms with Crippen LogP contribution in [-0.2, 0) is 4.79 Å². The highest BCUT2D eigenvalue weighted by atomic mass is 16.3. The fourth-order valence-corrected chi connectivity index (χ4v) is 8.84. The molecule has 36 heavy (non-hydrogen) atoms. The van der Waals surface area contributed by atoms with Gasteiger partial charge in [-0.05, 0) is 70.6 Å². The van der Waals surface area contributed by atoms with E-state index in [1.54, 1.807) is 0 Å². The molecule has 5 aliphatic rings. The largest absolute Gasteiger partial charge is 0.463 e. The Morgan fingerprint density at radius 1 is 0.528 bits per heavy atom. The zero-order valence-corrected chi connectivity index (χ0v) is 23.2. The molecule has 0 radical (unpaired) electrons. The molecule has 0 saturated heterocycles. The highest BCUT2D eigenvalue weighted by Gasteiger charge is 2.42. The van der Waals surface area contributed by atoms with Gasteiger partial charge < -0.3 is 10.0 Å². The van der Waals surface area contributed by atoms with E-state index in [1.807, 2.05) is 0 Å². The van der Waals surface area contributed by atoms with Gasteiger partial charge in [0, 0.05) is 43.7 Å². The first-order valence-electron chi connectivity index (χ1n) is 16.4. The van der Waals surface area contributed by atoms with Crippen molar-refractivity contribution >= 4 is 11.8 Å². The van der Waals surface area contributed by atoms with Crippen LogP contribution in [0.15, 0.2) is 0 Å². The van der Waals surface area contributed by atoms with Crippen molar-refractivity contribution in [2.24, 2.45) is 11.8 Å². The highest BCUT2D eigenvalue weighted by molar-refractivity contribution is 5.81. The fraction of sp³-hybridized carbons (Fsp3) is 0.938. The molecule has 5 aliphatic carbocycles. The molecule has 0 aromatic heterocycles. The molecule has 1 N–H and O–H groups in total. The number of hydrogen-bond donors (Lipinski definition) is 1. The van der Waals surface area contributed by atoms with Gasteiger partial charge in [0.05, 0.1) is 5.92 Å². The molecule has 0 aromatic carbocycles. The second kappa shape index (κ2) is 13.1. The smallest absolute Gasteiger partial charge is 0.337 e. The Labute approximate surface area is 221 Å². The number of nitrogens with zero attached hydrogens (tertiary/aromatic N) is 2. The molecule has 1 amide bonds. The first kappa shape index (κ1) is 26.5. The minimum atomic E-state index is 0.120. The molecule has 4 heteroatoms. The Morgan fingerprint density at radius 3 is 1.42 bits per heavy atom. The Bertz CT molecular complexity index is 686. The maximum Gasteiger partial charge on any atom is 0.337 e. The van der Waals surface area contributed by atoms with E-state index >= 15 is 0 Å². The first-order chi connectivity index (χ1) is 17.7. The topological polar surface area (TPSA) is 43.5 Å². The third-order valence-electron chi connectivity index (χ3n) is 10.8. The van der Waals surface area contributed by atoms with Gasteiger partial charge in [-0.25, -0.2) is 0 Å². The number of amides is 1. The van der Waals surface area contributed by atoms with Gasteiger partial charge in [-0.15, -0.1) is 0 Å². The lowest BCUT2D eigenvalue weighted by Gasteiger charge is -2.44. The van der Waals surface area contributed by atoms with Crippen LogP contribution in [0.5, 0.6) is 0 Å². The van der Waals surface area contributed by atoms with Crippen LogP contribution >= 0.6 is 0 Å². The molecular weight excluding hydrogens is 444 g/mol. The lowest BCUT2D eigenvalue weighted by atomic mass is 9.78. The molecule has 4 nitrogen and oxygen atoms in total. The molecule has 0 aromatic rings. The van der Waals surface area contributed by atoms with Crippen molar-refractivity contribution < 1.29 is 14.5 Å². The summed E-state index contributed by atoms with van der Waals surface area (Å²) in [5, 5.41) is 11.9. The van der Waals surface area contributed by atoms with Crippen molar-refractivity contribution in [2.45, 2.75) is 178 Å². The second-order valence-electron chi connectivity index (χ2n) is 13.2. The van der Waals surface area contributed by atoms with Crippen molar-refractivity contribution in [2.75, 3.05) is 0 Å². The lowest BCUT2D eigenvalue weighted by molar-refractivity contribution is -0.616. The summed E-state index contributed by atoms with van der Waals surface area (Å²) in [4.78, 5) is 16.7. The molecule has 5 fully saturated rings. The van der Waals surface area contributed by atoms with Crippen LogP contribution < -0.4 is 0 Å². The van der Waals surface area contributed by atoms with Gasteiger partial charge >= 0.3 is 5.90 Å². The average Bonchev–Trinajstić information content (AvgIpc) is 2.96. The molecule has 2 unspecified atom stereocenters. The fourth-order valence-electron chi connectivity index (χ4n) is 8.84. The van der Waals surface area contributed by atoms with Crippen molar-refractivity contribution in [3.8, 4) is 0 Å². The summed E-state index contributed by atoms with van der Waals surface area (Å²) in [7, 11) is 0. The second-order valence-corrected chi connectivity index (χ2v) is 13.2. The van der Waals surface area contributed by atoms with Crippen LogP contribution in [0, 0.1) is 11.8 Å². The summed E-state index contributed by atoms with van der Waals surface area (Å²) in [6.45, 7) is 0. The van der Waals surface area contributed by atoms with Crippen LogP contribution in [-0.4, -0.2) is 50.6 Å². The van der Waals surface area contributed by atoms with E-state index in [0.717, 1.165) is 25.7 Å². The predicted molar refractivity (Wildman–Crippen MR) is 148 cm³/mol. The summed E-state index contributed by atoms with van der Waals surface area (Å²) in [6.07, 6.45) is 29.7. The molecule has 5 saturated carbocycles. The van der Waals surface area contributed by atoms with Crippen molar-refractivity contribution in [3.63, 3.8) is 0 Å². The van der Waals surface area contributed by atoms with E-state index in [-0.39, 0.29) is 11.8 Å². The van der Waals surface area contributed by atoms with E-state index in [1.165, 1.54) is 128 Å². The molecule has 0 heterocycles. The SMILES string of the molecule is O=C(C1CCCC(C(O)=[N+](C2CCCCC2)C2CCCCC2)C1)N(C1CCCCC1)C1CCCCC1. The zero-order chi connectivity index (χ0) is 24.7. The van der Waals surface area contributed by atoms with Crippen LogP contribution in [0.1, 0.15) is 154 Å². The van der Waals surface area contributed by atoms with E-state index in [0.29, 0.717) is 36.0 Å². The van der Waals surface area contributed by atoms with Crippen molar-refractivity contribution in [1.82, 2.24) is 4.90 Å². The molecule has 204 valence electrons. The standard InChI is InChI=1S/C32H54N2O2/c35-31(33(27-16-5-1-6-17-27)28-18-7-2-8-19-28)25-14-13-15-26(24-25)32(36)34(29-20-9-3-10-21-29)30-22-11-4-12-23-30/h25-30H,1-24H2/p+1. The molecule has 0 bridgehead atoms. The number of carbonyl (C=O) groups is 1. The van der Waals surface area contributed by atoms with E-state index in [2.05, 4.69) is 9.48 Å². The van der Waals surface area contributed by atoms with Gasteiger partial charge in [0.1, 0.15) is 0 Å². The Morgan fingerprint density at radius 2 is 0.944 bits per heavy atom. The first-order valence-corrected chi connectivity index (χ1v) is 16.4. The Balaban J connectivity index is 1.34. The van der Waals surface area contributed by atoms with Gasteiger partial charge in [-0.2, -0.15) is 4.58 Å².